The molecule has 1 amide bonds. The van der Waals surface area contributed by atoms with Gasteiger partial charge in [0.15, 0.2) is 11.5 Å². The lowest BCUT2D eigenvalue weighted by molar-refractivity contribution is -0.119. The molecule has 2 aliphatic rings. The number of hydrogen-bond donors (Lipinski definition) is 3. The van der Waals surface area contributed by atoms with E-state index in [9.17, 15) is 20.0 Å². The Balaban J connectivity index is 1.87. The Bertz CT molecular complexity index is 1110. The number of H-pyrrole nitrogens is 1. The van der Waals surface area contributed by atoms with E-state index in [1.807, 2.05) is 6.07 Å². The number of hydrogen-bond acceptors (Lipinski definition) is 7. The number of phenols is 1. The van der Waals surface area contributed by atoms with Gasteiger partial charge in [0.25, 0.3) is 5.56 Å². The number of ether oxygens (including phenoxy) is 1. The SMILES string of the molecule is COc1cc(C2c3c(nc(N4C(C)CCCC4C)[nH]c3=O)NC(=O)C2C#N)ccc1O. The van der Waals surface area contributed by atoms with Crippen molar-refractivity contribution in [2.24, 2.45) is 5.92 Å². The van der Waals surface area contributed by atoms with Crippen LogP contribution in [0.5, 0.6) is 11.5 Å². The molecular weight excluding hydrogens is 398 g/mol. The Morgan fingerprint density at radius 1 is 1.26 bits per heavy atom. The van der Waals surface area contributed by atoms with Crippen LogP contribution in [0.4, 0.5) is 11.8 Å². The lowest BCUT2D eigenvalue weighted by Gasteiger charge is -2.40. The molecule has 4 rings (SSSR count). The summed E-state index contributed by atoms with van der Waals surface area (Å²) in [4.78, 5) is 35.6. The van der Waals surface area contributed by atoms with Crippen molar-refractivity contribution in [2.45, 2.75) is 51.1 Å². The van der Waals surface area contributed by atoms with Gasteiger partial charge in [-0.25, -0.2) is 0 Å². The summed E-state index contributed by atoms with van der Waals surface area (Å²) in [5.41, 5.74) is 0.333. The maximum absolute atomic E-state index is 13.3. The minimum Gasteiger partial charge on any atom is -0.504 e. The van der Waals surface area contributed by atoms with Gasteiger partial charge in [-0.15, -0.1) is 0 Å². The molecule has 0 bridgehead atoms. The molecule has 0 spiro atoms. The molecule has 1 aromatic carbocycles. The number of aromatic nitrogens is 2. The summed E-state index contributed by atoms with van der Waals surface area (Å²) in [6.45, 7) is 4.18. The molecule has 3 heterocycles. The van der Waals surface area contributed by atoms with Gasteiger partial charge in [0.2, 0.25) is 11.9 Å². The summed E-state index contributed by atoms with van der Waals surface area (Å²) in [6, 6.07) is 6.95. The van der Waals surface area contributed by atoms with Crippen molar-refractivity contribution in [1.29, 1.82) is 5.26 Å². The fourth-order valence-electron chi connectivity index (χ4n) is 4.71. The lowest BCUT2D eigenvalue weighted by Crippen LogP contribution is -2.46. The average Bonchev–Trinajstić information content (AvgIpc) is 2.73. The van der Waals surface area contributed by atoms with E-state index in [-0.39, 0.29) is 35.0 Å². The van der Waals surface area contributed by atoms with E-state index in [0.29, 0.717) is 11.5 Å². The average molecular weight is 423 g/mol. The summed E-state index contributed by atoms with van der Waals surface area (Å²) in [6.07, 6.45) is 3.09. The smallest absolute Gasteiger partial charge is 0.258 e. The highest BCUT2D eigenvalue weighted by Crippen LogP contribution is 2.41. The van der Waals surface area contributed by atoms with Crippen molar-refractivity contribution in [3.8, 4) is 17.6 Å². The van der Waals surface area contributed by atoms with E-state index in [1.54, 1.807) is 6.07 Å². The number of anilines is 2. The van der Waals surface area contributed by atoms with Crippen LogP contribution in [0.3, 0.4) is 0 Å². The van der Waals surface area contributed by atoms with Crippen LogP contribution >= 0.6 is 0 Å². The number of methoxy groups -OCH3 is 1. The molecular formula is C22H25N5O4. The number of benzene rings is 1. The van der Waals surface area contributed by atoms with Crippen LogP contribution in [0.15, 0.2) is 23.0 Å². The first-order valence-electron chi connectivity index (χ1n) is 10.4. The Hall–Kier alpha value is -3.54. The molecule has 4 atom stereocenters. The monoisotopic (exact) mass is 423 g/mol. The number of piperidine rings is 1. The van der Waals surface area contributed by atoms with Crippen LogP contribution < -0.4 is 20.5 Å². The summed E-state index contributed by atoms with van der Waals surface area (Å²) in [5.74, 6) is -1.78. The van der Waals surface area contributed by atoms with Crippen LogP contribution in [-0.2, 0) is 4.79 Å². The molecule has 1 saturated heterocycles. The molecule has 9 nitrogen and oxygen atoms in total. The van der Waals surface area contributed by atoms with Crippen LogP contribution in [0.2, 0.25) is 0 Å². The van der Waals surface area contributed by atoms with Crippen molar-refractivity contribution >= 4 is 17.7 Å². The molecule has 3 N–H and O–H groups in total. The van der Waals surface area contributed by atoms with E-state index in [0.717, 1.165) is 19.3 Å². The number of carbonyl (C=O) groups is 1. The standard InChI is InChI=1S/C22H25N5O4/c1-11-5-4-6-12(2)27(11)22-25-19-18(21(30)26-22)17(14(10-23)20(29)24-19)13-7-8-15(28)16(9-13)31-3/h7-9,11-12,14,17,28H,4-6H2,1-3H3,(H2,24,25,26,29,30). The fourth-order valence-corrected chi connectivity index (χ4v) is 4.71. The van der Waals surface area contributed by atoms with E-state index in [2.05, 4.69) is 34.0 Å². The molecule has 2 aromatic rings. The third-order valence-electron chi connectivity index (χ3n) is 6.25. The van der Waals surface area contributed by atoms with Crippen LogP contribution in [0.1, 0.15) is 50.2 Å². The molecule has 1 fully saturated rings. The molecule has 0 aliphatic carbocycles. The number of nitriles is 1. The summed E-state index contributed by atoms with van der Waals surface area (Å²) < 4.78 is 5.17. The Kier molecular flexibility index (Phi) is 5.31. The van der Waals surface area contributed by atoms with E-state index in [1.165, 1.54) is 19.2 Å². The van der Waals surface area contributed by atoms with Gasteiger partial charge < -0.3 is 20.1 Å². The Labute approximate surface area is 179 Å². The topological polar surface area (TPSA) is 131 Å². The molecule has 4 unspecified atom stereocenters. The highest BCUT2D eigenvalue weighted by molar-refractivity contribution is 5.98. The fraction of sp³-hybridized carbons (Fsp3) is 0.455. The number of aromatic amines is 1. The third-order valence-corrected chi connectivity index (χ3v) is 6.25. The normalized spacial score (nSPS) is 25.4. The largest absolute Gasteiger partial charge is 0.504 e. The van der Waals surface area contributed by atoms with Crippen molar-refractivity contribution in [2.75, 3.05) is 17.3 Å². The van der Waals surface area contributed by atoms with Crippen molar-refractivity contribution in [3.63, 3.8) is 0 Å². The number of carbonyl (C=O) groups excluding carboxylic acids is 1. The number of nitrogens with zero attached hydrogens (tertiary/aromatic N) is 3. The van der Waals surface area contributed by atoms with Gasteiger partial charge in [-0.05, 0) is 50.8 Å². The summed E-state index contributed by atoms with van der Waals surface area (Å²) >= 11 is 0. The maximum atomic E-state index is 13.3. The molecule has 9 heteroatoms. The predicted molar refractivity (Wildman–Crippen MR) is 114 cm³/mol. The van der Waals surface area contributed by atoms with Crippen molar-refractivity contribution < 1.29 is 14.6 Å². The highest BCUT2D eigenvalue weighted by atomic mass is 16.5. The summed E-state index contributed by atoms with van der Waals surface area (Å²) in [7, 11) is 1.41. The second-order valence-corrected chi connectivity index (χ2v) is 8.19. The zero-order chi connectivity index (χ0) is 22.3. The maximum Gasteiger partial charge on any atom is 0.258 e. The number of rotatable bonds is 3. The van der Waals surface area contributed by atoms with Crippen molar-refractivity contribution in [1.82, 2.24) is 9.97 Å². The molecule has 0 saturated carbocycles. The minimum absolute atomic E-state index is 0.0734. The van der Waals surface area contributed by atoms with Crippen LogP contribution in [0, 0.1) is 17.2 Å². The predicted octanol–water partition coefficient (Wildman–Crippen LogP) is 2.48. The Morgan fingerprint density at radius 3 is 2.61 bits per heavy atom. The number of nitrogens with one attached hydrogen (secondary N) is 2. The van der Waals surface area contributed by atoms with Gasteiger partial charge in [-0.1, -0.05) is 6.07 Å². The van der Waals surface area contributed by atoms with Gasteiger partial charge in [-0.2, -0.15) is 10.2 Å². The molecule has 31 heavy (non-hydrogen) atoms. The Morgan fingerprint density at radius 2 is 1.97 bits per heavy atom. The quantitative estimate of drug-likeness (QED) is 0.691. The van der Waals surface area contributed by atoms with Crippen LogP contribution in [-0.4, -0.2) is 40.2 Å². The van der Waals surface area contributed by atoms with E-state index in [4.69, 9.17) is 4.74 Å². The van der Waals surface area contributed by atoms with Gasteiger partial charge in [-0.3, -0.25) is 14.6 Å². The zero-order valence-corrected chi connectivity index (χ0v) is 17.7. The molecule has 162 valence electrons. The number of amides is 1. The number of fused-ring (bicyclic) bond motifs is 1. The first-order valence-corrected chi connectivity index (χ1v) is 10.4. The zero-order valence-electron chi connectivity index (χ0n) is 17.7. The third kappa shape index (κ3) is 3.48. The van der Waals surface area contributed by atoms with E-state index < -0.39 is 23.3 Å². The van der Waals surface area contributed by atoms with Gasteiger partial charge in [0.1, 0.15) is 11.7 Å². The van der Waals surface area contributed by atoms with Gasteiger partial charge >= 0.3 is 0 Å². The first kappa shape index (κ1) is 20.7. The van der Waals surface area contributed by atoms with Gasteiger partial charge in [0.05, 0.1) is 18.7 Å². The lowest BCUT2D eigenvalue weighted by atomic mass is 9.79. The molecule has 0 radical (unpaired) electrons. The first-order chi connectivity index (χ1) is 14.8. The van der Waals surface area contributed by atoms with E-state index >= 15 is 0 Å². The summed E-state index contributed by atoms with van der Waals surface area (Å²) in [5, 5.41) is 22.3. The van der Waals surface area contributed by atoms with Crippen molar-refractivity contribution in [3.05, 3.63) is 39.7 Å². The second-order valence-electron chi connectivity index (χ2n) is 8.19. The molecule has 2 aliphatic heterocycles. The second kappa shape index (κ2) is 7.95. The van der Waals surface area contributed by atoms with Gasteiger partial charge in [0, 0.05) is 18.0 Å². The van der Waals surface area contributed by atoms with Crippen LogP contribution in [0.25, 0.3) is 0 Å². The number of phenolic OH excluding ortho intramolecular Hbond substituents is 1. The minimum atomic E-state index is -1.12. The highest BCUT2D eigenvalue weighted by Gasteiger charge is 2.41. The molecule has 1 aromatic heterocycles. The number of aromatic hydroxyl groups is 1.